The molecule has 0 heterocycles. The summed E-state index contributed by atoms with van der Waals surface area (Å²) in [6, 6.07) is 6.89. The van der Waals surface area contributed by atoms with Crippen molar-refractivity contribution in [3.05, 3.63) is 29.3 Å². The molecule has 0 spiro atoms. The highest BCUT2D eigenvalue weighted by Gasteiger charge is 2.29. The molecule has 0 saturated heterocycles. The monoisotopic (exact) mass is 299 g/mol. The molecule has 2 N–H and O–H groups in total. The molecule has 5 heteroatoms. The number of nitrogens with one attached hydrogen (secondary N) is 1. The molecule has 1 aromatic carbocycles. The minimum atomic E-state index is -0.966. The number of ether oxygens (including phenoxy) is 1. The van der Waals surface area contributed by atoms with Gasteiger partial charge in [0.2, 0.25) is 0 Å². The molecule has 1 atom stereocenters. The third-order valence-corrected chi connectivity index (χ3v) is 3.22. The second kappa shape index (κ2) is 7.50. The number of aliphatic hydroxyl groups is 1. The number of carbonyl (C=O) groups excluding carboxylic acids is 1. The summed E-state index contributed by atoms with van der Waals surface area (Å²) in [6.45, 7) is 6.05. The minimum Gasteiger partial charge on any atom is -0.478 e. The summed E-state index contributed by atoms with van der Waals surface area (Å²) >= 11 is 5.80. The van der Waals surface area contributed by atoms with Gasteiger partial charge in [0.15, 0.2) is 5.60 Å². The summed E-state index contributed by atoms with van der Waals surface area (Å²) in [5.41, 5.74) is -0.966. The Kier molecular flexibility index (Phi) is 6.30. The predicted octanol–water partition coefficient (Wildman–Crippen LogP) is 2.63. The van der Waals surface area contributed by atoms with Crippen LogP contribution in [0.25, 0.3) is 0 Å². The van der Waals surface area contributed by atoms with Crippen molar-refractivity contribution < 1.29 is 14.6 Å². The Morgan fingerprint density at radius 3 is 2.55 bits per heavy atom. The van der Waals surface area contributed by atoms with Gasteiger partial charge in [-0.15, -0.1) is 0 Å². The van der Waals surface area contributed by atoms with Crippen molar-refractivity contribution in [3.8, 4) is 5.75 Å². The van der Waals surface area contributed by atoms with Gasteiger partial charge in [-0.3, -0.25) is 4.79 Å². The Balaban J connectivity index is 2.54. The smallest absolute Gasteiger partial charge is 0.263 e. The van der Waals surface area contributed by atoms with Crippen molar-refractivity contribution in [1.29, 1.82) is 0 Å². The van der Waals surface area contributed by atoms with Gasteiger partial charge in [0, 0.05) is 18.2 Å². The van der Waals surface area contributed by atoms with Crippen LogP contribution in [0.2, 0.25) is 5.02 Å². The molecule has 0 aliphatic rings. The Morgan fingerprint density at radius 2 is 2.00 bits per heavy atom. The number of hydrogen-bond donors (Lipinski definition) is 2. The maximum absolute atomic E-state index is 12.1. The number of amides is 1. The predicted molar refractivity (Wildman–Crippen MR) is 80.0 cm³/mol. The van der Waals surface area contributed by atoms with E-state index in [2.05, 4.69) is 5.32 Å². The van der Waals surface area contributed by atoms with E-state index in [0.717, 1.165) is 0 Å². The number of carbonyl (C=O) groups is 1. The Hall–Kier alpha value is -1.26. The van der Waals surface area contributed by atoms with Gasteiger partial charge in [0.25, 0.3) is 5.91 Å². The van der Waals surface area contributed by atoms with Gasteiger partial charge in [0.05, 0.1) is 0 Å². The molecule has 1 rings (SSSR count). The van der Waals surface area contributed by atoms with Crippen LogP contribution in [-0.2, 0) is 4.79 Å². The molecule has 0 fully saturated rings. The van der Waals surface area contributed by atoms with E-state index < -0.39 is 5.60 Å². The Bertz CT molecular complexity index is 431. The Labute approximate surface area is 125 Å². The average molecular weight is 300 g/mol. The average Bonchev–Trinajstić information content (AvgIpc) is 2.38. The lowest BCUT2D eigenvalue weighted by Gasteiger charge is -2.26. The second-order valence-corrected chi connectivity index (χ2v) is 5.83. The normalized spacial score (nSPS) is 12.8. The van der Waals surface area contributed by atoms with Crippen LogP contribution in [0.15, 0.2) is 24.3 Å². The highest BCUT2D eigenvalue weighted by molar-refractivity contribution is 6.30. The molecule has 1 amide bonds. The van der Waals surface area contributed by atoms with Crippen molar-refractivity contribution in [2.24, 2.45) is 5.92 Å². The van der Waals surface area contributed by atoms with Crippen LogP contribution in [-0.4, -0.2) is 29.8 Å². The third-order valence-electron chi connectivity index (χ3n) is 2.97. The summed E-state index contributed by atoms with van der Waals surface area (Å²) in [5, 5.41) is 12.3. The minimum absolute atomic E-state index is 0.127. The molecule has 0 aliphatic heterocycles. The van der Waals surface area contributed by atoms with Crippen LogP contribution in [0, 0.1) is 5.92 Å². The molecular formula is C15H22ClNO3. The van der Waals surface area contributed by atoms with Gasteiger partial charge in [-0.2, -0.15) is 0 Å². The van der Waals surface area contributed by atoms with Crippen molar-refractivity contribution in [1.82, 2.24) is 5.32 Å². The number of benzene rings is 1. The number of aliphatic hydroxyl groups excluding tert-OH is 1. The van der Waals surface area contributed by atoms with Gasteiger partial charge in [-0.25, -0.2) is 0 Å². The Morgan fingerprint density at radius 1 is 1.40 bits per heavy atom. The van der Waals surface area contributed by atoms with Crippen LogP contribution in [0.1, 0.15) is 27.2 Å². The fourth-order valence-corrected chi connectivity index (χ4v) is 1.77. The lowest BCUT2D eigenvalue weighted by atomic mass is 10.1. The molecule has 0 aliphatic carbocycles. The molecular weight excluding hydrogens is 278 g/mol. The highest BCUT2D eigenvalue weighted by Crippen LogP contribution is 2.21. The summed E-state index contributed by atoms with van der Waals surface area (Å²) in [7, 11) is 0. The molecule has 0 bridgehead atoms. The highest BCUT2D eigenvalue weighted by atomic mass is 35.5. The second-order valence-electron chi connectivity index (χ2n) is 5.39. The van der Waals surface area contributed by atoms with Crippen LogP contribution in [0.5, 0.6) is 5.75 Å². The molecule has 1 aromatic rings. The summed E-state index contributed by atoms with van der Waals surface area (Å²) in [6.07, 6.45) is 0.665. The van der Waals surface area contributed by atoms with Crippen LogP contribution < -0.4 is 10.1 Å². The van der Waals surface area contributed by atoms with E-state index >= 15 is 0 Å². The molecule has 20 heavy (non-hydrogen) atoms. The standard InChI is InChI=1S/C15H22ClNO3/c1-11(8-9-18)10-17-14(19)15(2,3)20-13-6-4-12(16)5-7-13/h4-7,11,18H,8-10H2,1-3H3,(H,17,19). The summed E-state index contributed by atoms with van der Waals surface area (Å²) in [5.74, 6) is 0.644. The molecule has 112 valence electrons. The molecule has 0 radical (unpaired) electrons. The van der Waals surface area contributed by atoms with Gasteiger partial charge in [-0.1, -0.05) is 18.5 Å². The maximum atomic E-state index is 12.1. The zero-order chi connectivity index (χ0) is 15.2. The topological polar surface area (TPSA) is 58.6 Å². The van der Waals surface area contributed by atoms with E-state index in [-0.39, 0.29) is 18.4 Å². The van der Waals surface area contributed by atoms with Crippen LogP contribution in [0.4, 0.5) is 0 Å². The zero-order valence-corrected chi connectivity index (χ0v) is 12.9. The number of hydrogen-bond acceptors (Lipinski definition) is 3. The molecule has 1 unspecified atom stereocenters. The van der Waals surface area contributed by atoms with Crippen molar-refractivity contribution in [2.45, 2.75) is 32.8 Å². The van der Waals surface area contributed by atoms with Crippen LogP contribution in [0.3, 0.4) is 0 Å². The van der Waals surface area contributed by atoms with E-state index in [1.54, 1.807) is 38.1 Å². The van der Waals surface area contributed by atoms with Crippen molar-refractivity contribution >= 4 is 17.5 Å². The summed E-state index contributed by atoms with van der Waals surface area (Å²) < 4.78 is 5.69. The van der Waals surface area contributed by atoms with Crippen molar-refractivity contribution in [3.63, 3.8) is 0 Å². The van der Waals surface area contributed by atoms with Gasteiger partial charge in [-0.05, 0) is 50.5 Å². The van der Waals surface area contributed by atoms with E-state index in [9.17, 15) is 4.79 Å². The van der Waals surface area contributed by atoms with E-state index in [1.807, 2.05) is 6.92 Å². The first-order valence-electron chi connectivity index (χ1n) is 6.69. The number of rotatable bonds is 7. The first kappa shape index (κ1) is 16.8. The van der Waals surface area contributed by atoms with Gasteiger partial charge in [0.1, 0.15) is 5.75 Å². The summed E-state index contributed by atoms with van der Waals surface area (Å²) in [4.78, 5) is 12.1. The first-order valence-corrected chi connectivity index (χ1v) is 7.06. The zero-order valence-electron chi connectivity index (χ0n) is 12.1. The lowest BCUT2D eigenvalue weighted by molar-refractivity contribution is -0.134. The SMILES string of the molecule is CC(CCO)CNC(=O)C(C)(C)Oc1ccc(Cl)cc1. The van der Waals surface area contributed by atoms with Crippen molar-refractivity contribution in [2.75, 3.05) is 13.2 Å². The van der Waals surface area contributed by atoms with Gasteiger partial charge < -0.3 is 15.2 Å². The van der Waals surface area contributed by atoms with E-state index in [4.69, 9.17) is 21.4 Å². The van der Waals surface area contributed by atoms with Gasteiger partial charge >= 0.3 is 0 Å². The fourth-order valence-electron chi connectivity index (χ4n) is 1.65. The largest absolute Gasteiger partial charge is 0.478 e. The third kappa shape index (κ3) is 5.39. The molecule has 0 saturated carbocycles. The molecule has 4 nitrogen and oxygen atoms in total. The van der Waals surface area contributed by atoms with Crippen LogP contribution >= 0.6 is 11.6 Å². The first-order chi connectivity index (χ1) is 9.35. The lowest BCUT2D eigenvalue weighted by Crippen LogP contribution is -2.47. The maximum Gasteiger partial charge on any atom is 0.263 e. The van der Waals surface area contributed by atoms with E-state index in [1.165, 1.54) is 0 Å². The molecule has 0 aromatic heterocycles. The van der Waals surface area contributed by atoms with E-state index in [0.29, 0.717) is 23.7 Å². The fraction of sp³-hybridized carbons (Fsp3) is 0.533. The number of halogens is 1. The quantitative estimate of drug-likeness (QED) is 0.814.